The van der Waals surface area contributed by atoms with Crippen LogP contribution in [0.4, 0.5) is 0 Å². The Morgan fingerprint density at radius 1 is 1.35 bits per heavy atom. The van der Waals surface area contributed by atoms with Gasteiger partial charge < -0.3 is 5.32 Å². The maximum Gasteiger partial charge on any atom is 0.251 e. The Hall–Kier alpha value is -0.350. The van der Waals surface area contributed by atoms with E-state index in [0.717, 1.165) is 22.6 Å². The number of rotatable bonds is 5. The van der Waals surface area contributed by atoms with Crippen molar-refractivity contribution in [3.05, 3.63) is 34.3 Å². The molecular weight excluding hydrogens is 346 g/mol. The van der Waals surface area contributed by atoms with Crippen LogP contribution < -0.4 is 5.32 Å². The molecule has 2 nitrogen and oxygen atoms in total. The average molecular weight is 363 g/mol. The zero-order valence-electron chi connectivity index (χ0n) is 10.1. The van der Waals surface area contributed by atoms with Crippen LogP contribution in [-0.4, -0.2) is 16.8 Å². The molecular formula is C13H17Br2NO. The van der Waals surface area contributed by atoms with Crippen molar-refractivity contribution in [1.82, 2.24) is 5.32 Å². The van der Waals surface area contributed by atoms with E-state index in [4.69, 9.17) is 0 Å². The molecule has 0 aliphatic carbocycles. The molecule has 0 saturated heterocycles. The van der Waals surface area contributed by atoms with Gasteiger partial charge >= 0.3 is 0 Å². The third kappa shape index (κ3) is 4.43. The predicted molar refractivity (Wildman–Crippen MR) is 78.7 cm³/mol. The van der Waals surface area contributed by atoms with Gasteiger partial charge in [-0.2, -0.15) is 0 Å². The minimum Gasteiger partial charge on any atom is -0.347 e. The molecule has 0 radical (unpaired) electrons. The van der Waals surface area contributed by atoms with Crippen molar-refractivity contribution in [2.24, 2.45) is 0 Å². The number of alkyl halides is 1. The van der Waals surface area contributed by atoms with E-state index in [2.05, 4.69) is 51.0 Å². The first-order valence-corrected chi connectivity index (χ1v) is 7.56. The van der Waals surface area contributed by atoms with Crippen LogP contribution in [0, 0.1) is 0 Å². The summed E-state index contributed by atoms with van der Waals surface area (Å²) in [5.41, 5.74) is 0.552. The summed E-state index contributed by atoms with van der Waals surface area (Å²) in [5.74, 6) is -0.0113. The molecule has 0 aliphatic heterocycles. The van der Waals surface area contributed by atoms with Gasteiger partial charge in [0.05, 0.1) is 0 Å². The standard InChI is InChI=1S/C13H17Br2NO/c1-3-13(2,8-9-14)16-12(17)10-4-6-11(15)7-5-10/h4-7H,3,8-9H2,1-2H3,(H,16,17). The van der Waals surface area contributed by atoms with Gasteiger partial charge in [0.15, 0.2) is 0 Å². The Bertz CT molecular complexity index is 378. The molecule has 4 heteroatoms. The fourth-order valence-corrected chi connectivity index (χ4v) is 2.62. The van der Waals surface area contributed by atoms with Crippen molar-refractivity contribution in [1.29, 1.82) is 0 Å². The molecule has 94 valence electrons. The zero-order chi connectivity index (χ0) is 12.9. The lowest BCUT2D eigenvalue weighted by Gasteiger charge is -2.29. The zero-order valence-corrected chi connectivity index (χ0v) is 13.3. The summed E-state index contributed by atoms with van der Waals surface area (Å²) in [4.78, 5) is 12.1. The third-order valence-corrected chi connectivity index (χ3v) is 3.87. The number of benzene rings is 1. The van der Waals surface area contributed by atoms with E-state index in [1.165, 1.54) is 0 Å². The molecule has 17 heavy (non-hydrogen) atoms. The lowest BCUT2D eigenvalue weighted by atomic mass is 9.95. The van der Waals surface area contributed by atoms with Gasteiger partial charge in [-0.1, -0.05) is 38.8 Å². The van der Waals surface area contributed by atoms with E-state index >= 15 is 0 Å². The molecule has 0 spiro atoms. The molecule has 0 aromatic heterocycles. The van der Waals surface area contributed by atoms with E-state index in [-0.39, 0.29) is 11.4 Å². The van der Waals surface area contributed by atoms with Crippen LogP contribution in [-0.2, 0) is 0 Å². The molecule has 1 rings (SSSR count). The number of hydrogen-bond donors (Lipinski definition) is 1. The first-order chi connectivity index (χ1) is 8.00. The van der Waals surface area contributed by atoms with E-state index in [1.54, 1.807) is 0 Å². The normalized spacial score (nSPS) is 14.1. The topological polar surface area (TPSA) is 29.1 Å². The lowest BCUT2D eigenvalue weighted by Crippen LogP contribution is -2.45. The van der Waals surface area contributed by atoms with Gasteiger partial charge in [-0.05, 0) is 44.0 Å². The number of amides is 1. The van der Waals surface area contributed by atoms with E-state index in [0.29, 0.717) is 5.56 Å². The van der Waals surface area contributed by atoms with Gasteiger partial charge in [-0.15, -0.1) is 0 Å². The summed E-state index contributed by atoms with van der Waals surface area (Å²) in [6.45, 7) is 4.16. The number of hydrogen-bond acceptors (Lipinski definition) is 1. The quantitative estimate of drug-likeness (QED) is 0.784. The van der Waals surface area contributed by atoms with Gasteiger partial charge in [-0.3, -0.25) is 4.79 Å². The van der Waals surface area contributed by atoms with Crippen molar-refractivity contribution >= 4 is 37.8 Å². The van der Waals surface area contributed by atoms with Crippen molar-refractivity contribution in [3.8, 4) is 0 Å². The highest BCUT2D eigenvalue weighted by Crippen LogP contribution is 2.17. The molecule has 1 amide bonds. The molecule has 0 aliphatic rings. The maximum atomic E-state index is 12.1. The Labute approximate surface area is 119 Å². The summed E-state index contributed by atoms with van der Waals surface area (Å²) in [5, 5.41) is 3.98. The Morgan fingerprint density at radius 2 is 1.94 bits per heavy atom. The maximum absolute atomic E-state index is 12.1. The number of halogens is 2. The second-order valence-corrected chi connectivity index (χ2v) is 6.02. The van der Waals surface area contributed by atoms with Gasteiger partial charge in [0, 0.05) is 20.9 Å². The van der Waals surface area contributed by atoms with Crippen molar-refractivity contribution < 1.29 is 4.79 Å². The number of carbonyl (C=O) groups is 1. The van der Waals surface area contributed by atoms with Crippen molar-refractivity contribution in [2.45, 2.75) is 32.2 Å². The van der Waals surface area contributed by atoms with Crippen molar-refractivity contribution in [2.75, 3.05) is 5.33 Å². The fraction of sp³-hybridized carbons (Fsp3) is 0.462. The summed E-state index contributed by atoms with van der Waals surface area (Å²) in [7, 11) is 0. The highest BCUT2D eigenvalue weighted by molar-refractivity contribution is 9.10. The van der Waals surface area contributed by atoms with Crippen LogP contribution in [0.1, 0.15) is 37.0 Å². The molecule has 1 aromatic carbocycles. The molecule has 1 N–H and O–H groups in total. The molecule has 0 fully saturated rings. The predicted octanol–water partition coefficient (Wildman–Crippen LogP) is 4.13. The minimum atomic E-state index is -0.145. The minimum absolute atomic E-state index is 0.0113. The highest BCUT2D eigenvalue weighted by atomic mass is 79.9. The molecule has 0 bridgehead atoms. The average Bonchev–Trinajstić information content (AvgIpc) is 2.30. The van der Waals surface area contributed by atoms with E-state index < -0.39 is 0 Å². The van der Waals surface area contributed by atoms with E-state index in [1.807, 2.05) is 24.3 Å². The van der Waals surface area contributed by atoms with Crippen LogP contribution >= 0.6 is 31.9 Å². The van der Waals surface area contributed by atoms with Crippen LogP contribution in [0.15, 0.2) is 28.7 Å². The second-order valence-electron chi connectivity index (χ2n) is 4.31. The van der Waals surface area contributed by atoms with Gasteiger partial charge in [-0.25, -0.2) is 0 Å². The monoisotopic (exact) mass is 361 g/mol. The lowest BCUT2D eigenvalue weighted by molar-refractivity contribution is 0.0902. The SMILES string of the molecule is CCC(C)(CCBr)NC(=O)c1ccc(Br)cc1. The Morgan fingerprint density at radius 3 is 2.41 bits per heavy atom. The summed E-state index contributed by atoms with van der Waals surface area (Å²) < 4.78 is 0.979. The van der Waals surface area contributed by atoms with E-state index in [9.17, 15) is 4.79 Å². The van der Waals surface area contributed by atoms with Crippen LogP contribution in [0.5, 0.6) is 0 Å². The summed E-state index contributed by atoms with van der Waals surface area (Å²) in [6, 6.07) is 7.40. The molecule has 1 unspecified atom stereocenters. The fourth-order valence-electron chi connectivity index (χ4n) is 1.48. The Balaban J connectivity index is 2.74. The first kappa shape index (κ1) is 14.7. The molecule has 0 saturated carbocycles. The second kappa shape index (κ2) is 6.55. The first-order valence-electron chi connectivity index (χ1n) is 5.65. The largest absolute Gasteiger partial charge is 0.347 e. The highest BCUT2D eigenvalue weighted by Gasteiger charge is 2.23. The molecule has 1 atom stereocenters. The third-order valence-electron chi connectivity index (χ3n) is 2.95. The van der Waals surface area contributed by atoms with Crippen LogP contribution in [0.2, 0.25) is 0 Å². The Kier molecular flexibility index (Phi) is 5.67. The van der Waals surface area contributed by atoms with Crippen LogP contribution in [0.3, 0.4) is 0 Å². The van der Waals surface area contributed by atoms with Gasteiger partial charge in [0.25, 0.3) is 5.91 Å². The van der Waals surface area contributed by atoms with Crippen molar-refractivity contribution in [3.63, 3.8) is 0 Å². The summed E-state index contributed by atoms with van der Waals surface area (Å²) >= 11 is 6.78. The smallest absolute Gasteiger partial charge is 0.251 e. The van der Waals surface area contributed by atoms with Crippen LogP contribution in [0.25, 0.3) is 0 Å². The summed E-state index contributed by atoms with van der Waals surface area (Å²) in [6.07, 6.45) is 1.84. The number of carbonyl (C=O) groups excluding carboxylic acids is 1. The van der Waals surface area contributed by atoms with Gasteiger partial charge in [0.2, 0.25) is 0 Å². The molecule has 0 heterocycles. The number of nitrogens with one attached hydrogen (secondary N) is 1. The van der Waals surface area contributed by atoms with Gasteiger partial charge in [0.1, 0.15) is 0 Å². The molecule has 1 aromatic rings.